The van der Waals surface area contributed by atoms with E-state index < -0.39 is 0 Å². The number of hydrogen-bond donors (Lipinski definition) is 1. The minimum Gasteiger partial charge on any atom is -0.308 e. The topological polar surface area (TPSA) is 12.0 Å². The van der Waals surface area contributed by atoms with Gasteiger partial charge in [0, 0.05) is 18.1 Å². The van der Waals surface area contributed by atoms with E-state index in [1.807, 2.05) is 6.92 Å². The minimum absolute atomic E-state index is 0.211. The first-order chi connectivity index (χ1) is 6.59. The molecule has 0 atom stereocenters. The monoisotopic (exact) mass is 213 g/mol. The van der Waals surface area contributed by atoms with Crippen LogP contribution in [0.1, 0.15) is 11.1 Å². The van der Waals surface area contributed by atoms with Crippen molar-refractivity contribution in [3.63, 3.8) is 0 Å². The van der Waals surface area contributed by atoms with E-state index in [-0.39, 0.29) is 5.82 Å². The zero-order valence-corrected chi connectivity index (χ0v) is 8.87. The first kappa shape index (κ1) is 11.2. The van der Waals surface area contributed by atoms with E-state index in [0.29, 0.717) is 18.1 Å². The summed E-state index contributed by atoms with van der Waals surface area (Å²) in [6.45, 7) is 6.65. The number of halogens is 2. The van der Waals surface area contributed by atoms with E-state index in [2.05, 4.69) is 11.9 Å². The van der Waals surface area contributed by atoms with E-state index in [4.69, 9.17) is 11.6 Å². The van der Waals surface area contributed by atoms with Gasteiger partial charge in [0.1, 0.15) is 5.82 Å². The first-order valence-corrected chi connectivity index (χ1v) is 4.76. The van der Waals surface area contributed by atoms with Crippen molar-refractivity contribution >= 4 is 11.6 Å². The molecule has 1 aromatic rings. The van der Waals surface area contributed by atoms with Gasteiger partial charge in [-0.2, -0.15) is 0 Å². The fraction of sp³-hybridized carbons (Fsp3) is 0.273. The molecule has 1 nitrogen and oxygen atoms in total. The summed E-state index contributed by atoms with van der Waals surface area (Å²) in [5.41, 5.74) is 2.02. The average Bonchev–Trinajstić information content (AvgIpc) is 2.10. The van der Waals surface area contributed by atoms with Crippen LogP contribution in [0, 0.1) is 12.7 Å². The molecule has 76 valence electrons. The van der Waals surface area contributed by atoms with Gasteiger partial charge >= 0.3 is 0 Å². The Balaban J connectivity index is 2.57. The van der Waals surface area contributed by atoms with Crippen molar-refractivity contribution in [2.24, 2.45) is 0 Å². The molecule has 0 aliphatic heterocycles. The predicted molar refractivity (Wildman–Crippen MR) is 57.8 cm³/mol. The Morgan fingerprint density at radius 3 is 2.93 bits per heavy atom. The molecule has 0 bridgehead atoms. The lowest BCUT2D eigenvalue weighted by molar-refractivity contribution is 0.622. The molecule has 0 saturated carbocycles. The van der Waals surface area contributed by atoms with Crippen LogP contribution in [0.25, 0.3) is 0 Å². The summed E-state index contributed by atoms with van der Waals surface area (Å²) in [5, 5.41) is 3.63. The number of aryl methyl sites for hydroxylation is 1. The molecule has 0 fully saturated rings. The number of benzene rings is 1. The molecule has 1 rings (SSSR count). The van der Waals surface area contributed by atoms with Crippen LogP contribution in [0.2, 0.25) is 0 Å². The summed E-state index contributed by atoms with van der Waals surface area (Å²) in [4.78, 5) is 0. The molecule has 0 unspecified atom stereocenters. The molecule has 0 spiro atoms. The van der Waals surface area contributed by atoms with Crippen LogP contribution in [-0.4, -0.2) is 6.54 Å². The van der Waals surface area contributed by atoms with Crippen molar-refractivity contribution in [1.82, 2.24) is 5.32 Å². The second-order valence-electron chi connectivity index (χ2n) is 3.19. The quantitative estimate of drug-likeness (QED) is 0.811. The molecular weight excluding hydrogens is 201 g/mol. The van der Waals surface area contributed by atoms with Crippen LogP contribution in [0.15, 0.2) is 29.8 Å². The van der Waals surface area contributed by atoms with Crippen LogP contribution in [0.5, 0.6) is 0 Å². The summed E-state index contributed by atoms with van der Waals surface area (Å²) in [7, 11) is 0. The van der Waals surface area contributed by atoms with E-state index in [1.54, 1.807) is 6.07 Å². The van der Waals surface area contributed by atoms with E-state index >= 15 is 0 Å². The Kier molecular flexibility index (Phi) is 4.11. The molecule has 1 aromatic carbocycles. The lowest BCUT2D eigenvalue weighted by Gasteiger charge is -2.06. The van der Waals surface area contributed by atoms with Gasteiger partial charge in [-0.3, -0.25) is 0 Å². The maximum absolute atomic E-state index is 12.9. The zero-order valence-electron chi connectivity index (χ0n) is 8.11. The molecule has 14 heavy (non-hydrogen) atoms. The van der Waals surface area contributed by atoms with Crippen molar-refractivity contribution in [2.45, 2.75) is 13.5 Å². The van der Waals surface area contributed by atoms with Gasteiger partial charge in [0.15, 0.2) is 0 Å². The Morgan fingerprint density at radius 2 is 2.29 bits per heavy atom. The highest BCUT2D eigenvalue weighted by Crippen LogP contribution is 2.09. The first-order valence-electron chi connectivity index (χ1n) is 4.38. The second-order valence-corrected chi connectivity index (χ2v) is 3.73. The molecule has 0 aliphatic carbocycles. The number of hydrogen-bond acceptors (Lipinski definition) is 1. The summed E-state index contributed by atoms with van der Waals surface area (Å²) >= 11 is 5.58. The summed E-state index contributed by atoms with van der Waals surface area (Å²) in [5.74, 6) is -0.211. The largest absolute Gasteiger partial charge is 0.308 e. The molecule has 1 N–H and O–H groups in total. The predicted octanol–water partition coefficient (Wildman–Crippen LogP) is 2.98. The normalized spacial score (nSPS) is 10.2. The van der Waals surface area contributed by atoms with Gasteiger partial charge in [-0.1, -0.05) is 24.2 Å². The van der Waals surface area contributed by atoms with E-state index in [1.165, 1.54) is 12.1 Å². The van der Waals surface area contributed by atoms with Gasteiger partial charge in [0.05, 0.1) is 0 Å². The maximum Gasteiger partial charge on any atom is 0.123 e. The summed E-state index contributed by atoms with van der Waals surface area (Å²) < 4.78 is 12.9. The van der Waals surface area contributed by atoms with Crippen LogP contribution in [0.4, 0.5) is 4.39 Å². The van der Waals surface area contributed by atoms with Crippen molar-refractivity contribution < 1.29 is 4.39 Å². The van der Waals surface area contributed by atoms with E-state index in [0.717, 1.165) is 11.1 Å². The Bertz CT molecular complexity index is 336. The highest BCUT2D eigenvalue weighted by atomic mass is 35.5. The smallest absolute Gasteiger partial charge is 0.123 e. The molecule has 0 saturated heterocycles. The third-order valence-electron chi connectivity index (χ3n) is 1.94. The maximum atomic E-state index is 12.9. The van der Waals surface area contributed by atoms with Crippen molar-refractivity contribution in [2.75, 3.05) is 6.54 Å². The fourth-order valence-corrected chi connectivity index (χ4v) is 1.26. The molecule has 0 amide bonds. The molecule has 0 heterocycles. The lowest BCUT2D eigenvalue weighted by atomic mass is 10.1. The molecule has 0 aromatic heterocycles. The third kappa shape index (κ3) is 3.48. The van der Waals surface area contributed by atoms with Crippen molar-refractivity contribution in [3.8, 4) is 0 Å². The second kappa shape index (κ2) is 5.13. The third-order valence-corrected chi connectivity index (χ3v) is 2.08. The summed E-state index contributed by atoms with van der Waals surface area (Å²) in [6.07, 6.45) is 0. The molecule has 0 aliphatic rings. The zero-order chi connectivity index (χ0) is 10.6. The van der Waals surface area contributed by atoms with Crippen LogP contribution >= 0.6 is 11.6 Å². The molecular formula is C11H13ClFN. The van der Waals surface area contributed by atoms with Gasteiger partial charge in [0.25, 0.3) is 0 Å². The fourth-order valence-electron chi connectivity index (χ4n) is 1.16. The van der Waals surface area contributed by atoms with E-state index in [9.17, 15) is 4.39 Å². The Hall–Kier alpha value is -0.860. The average molecular weight is 214 g/mol. The van der Waals surface area contributed by atoms with Crippen LogP contribution < -0.4 is 5.32 Å². The standard InChI is InChI=1S/C11H13ClFN/c1-8-3-4-11(13)5-10(8)7-14-6-9(2)12/h3-5,14H,2,6-7H2,1H3. The van der Waals surface area contributed by atoms with Crippen molar-refractivity contribution in [1.29, 1.82) is 0 Å². The Labute approximate surface area is 88.6 Å². The van der Waals surface area contributed by atoms with Gasteiger partial charge in [-0.15, -0.1) is 0 Å². The molecule has 0 radical (unpaired) electrons. The van der Waals surface area contributed by atoms with Gasteiger partial charge < -0.3 is 5.32 Å². The minimum atomic E-state index is -0.211. The summed E-state index contributed by atoms with van der Waals surface area (Å²) in [6, 6.07) is 4.75. The number of nitrogens with one attached hydrogen (secondary N) is 1. The lowest BCUT2D eigenvalue weighted by Crippen LogP contribution is -2.15. The highest BCUT2D eigenvalue weighted by molar-refractivity contribution is 6.29. The van der Waals surface area contributed by atoms with Crippen LogP contribution in [-0.2, 0) is 6.54 Å². The SMILES string of the molecule is C=C(Cl)CNCc1cc(F)ccc1C. The highest BCUT2D eigenvalue weighted by Gasteiger charge is 1.99. The van der Waals surface area contributed by atoms with Gasteiger partial charge in [0.2, 0.25) is 0 Å². The molecule has 3 heteroatoms. The van der Waals surface area contributed by atoms with Crippen LogP contribution in [0.3, 0.4) is 0 Å². The van der Waals surface area contributed by atoms with Gasteiger partial charge in [-0.05, 0) is 30.2 Å². The number of rotatable bonds is 4. The Morgan fingerprint density at radius 1 is 1.57 bits per heavy atom. The van der Waals surface area contributed by atoms with Gasteiger partial charge in [-0.25, -0.2) is 4.39 Å². The van der Waals surface area contributed by atoms with Crippen molar-refractivity contribution in [3.05, 3.63) is 46.8 Å².